The van der Waals surface area contributed by atoms with Gasteiger partial charge in [-0.25, -0.2) is 0 Å². The first-order valence-corrected chi connectivity index (χ1v) is 12.0. The summed E-state index contributed by atoms with van der Waals surface area (Å²) >= 11 is 0. The molecule has 0 aromatic heterocycles. The zero-order valence-corrected chi connectivity index (χ0v) is 18.4. The van der Waals surface area contributed by atoms with Crippen LogP contribution in [0.3, 0.4) is 0 Å². The molecule has 1 aliphatic carbocycles. The number of likely N-dealkylation sites (N-methyl/N-ethyl adjacent to an activating group) is 1. The summed E-state index contributed by atoms with van der Waals surface area (Å²) in [5.74, 6) is 0.305. The maximum Gasteiger partial charge on any atom is 0.243 e. The smallest absolute Gasteiger partial charge is 0.243 e. The molecule has 30 heavy (non-hydrogen) atoms. The van der Waals surface area contributed by atoms with Crippen molar-refractivity contribution in [2.24, 2.45) is 5.41 Å². The van der Waals surface area contributed by atoms with Gasteiger partial charge < -0.3 is 15.1 Å². The number of amides is 2. The maximum atomic E-state index is 13.3. The molecule has 1 unspecified atom stereocenters. The average Bonchev–Trinajstić information content (AvgIpc) is 3.37. The molecule has 4 rings (SSSR count). The summed E-state index contributed by atoms with van der Waals surface area (Å²) < 4.78 is 0. The Kier molecular flexibility index (Phi) is 6.77. The topological polar surface area (TPSA) is 52.7 Å². The van der Waals surface area contributed by atoms with Crippen LogP contribution in [0.1, 0.15) is 63.9 Å². The number of nitrogens with zero attached hydrogens (tertiary/aromatic N) is 2. The minimum Gasteiger partial charge on any atom is -0.352 e. The third-order valence-electron chi connectivity index (χ3n) is 7.62. The van der Waals surface area contributed by atoms with Crippen LogP contribution >= 0.6 is 0 Å². The normalized spacial score (nSPS) is 24.6. The summed E-state index contributed by atoms with van der Waals surface area (Å²) in [6.07, 6.45) is 9.32. The first-order valence-electron chi connectivity index (χ1n) is 12.0. The van der Waals surface area contributed by atoms with Gasteiger partial charge >= 0.3 is 0 Å². The largest absolute Gasteiger partial charge is 0.352 e. The van der Waals surface area contributed by atoms with Gasteiger partial charge in [0.25, 0.3) is 0 Å². The molecular weight excluding hydrogens is 374 g/mol. The van der Waals surface area contributed by atoms with Crippen LogP contribution in [0, 0.1) is 5.41 Å². The van der Waals surface area contributed by atoms with Crippen LogP contribution in [0.4, 0.5) is 0 Å². The second kappa shape index (κ2) is 9.51. The van der Waals surface area contributed by atoms with Gasteiger partial charge in [-0.3, -0.25) is 9.59 Å². The van der Waals surface area contributed by atoms with Crippen LogP contribution in [-0.2, 0) is 16.0 Å². The minimum atomic E-state index is -0.316. The molecule has 2 aliphatic heterocycles. The third kappa shape index (κ3) is 4.56. The summed E-state index contributed by atoms with van der Waals surface area (Å²) in [6.45, 7) is 5.65. The Morgan fingerprint density at radius 1 is 1.13 bits per heavy atom. The lowest BCUT2D eigenvalue weighted by molar-refractivity contribution is -0.141. The molecule has 1 spiro atoms. The lowest BCUT2D eigenvalue weighted by Gasteiger charge is -2.37. The van der Waals surface area contributed by atoms with Gasteiger partial charge in [-0.15, -0.1) is 0 Å². The van der Waals surface area contributed by atoms with Crippen molar-refractivity contribution in [1.82, 2.24) is 15.1 Å². The Labute approximate surface area is 181 Å². The lowest BCUT2D eigenvalue weighted by Crippen LogP contribution is -2.47. The number of hydrogen-bond donors (Lipinski definition) is 1. The van der Waals surface area contributed by atoms with Crippen LogP contribution < -0.4 is 5.32 Å². The van der Waals surface area contributed by atoms with Gasteiger partial charge in [0.2, 0.25) is 11.8 Å². The van der Waals surface area contributed by atoms with Gasteiger partial charge in [-0.1, -0.05) is 43.2 Å². The highest BCUT2D eigenvalue weighted by atomic mass is 16.2. The van der Waals surface area contributed by atoms with E-state index in [0.717, 1.165) is 58.2 Å². The number of carbonyl (C=O) groups is 2. The highest BCUT2D eigenvalue weighted by Gasteiger charge is 2.54. The van der Waals surface area contributed by atoms with Crippen molar-refractivity contribution in [2.45, 2.75) is 76.8 Å². The molecule has 5 nitrogen and oxygen atoms in total. The van der Waals surface area contributed by atoms with Gasteiger partial charge in [-0.2, -0.15) is 0 Å². The molecule has 5 heteroatoms. The van der Waals surface area contributed by atoms with E-state index in [-0.39, 0.29) is 23.3 Å². The third-order valence-corrected chi connectivity index (χ3v) is 7.62. The maximum absolute atomic E-state index is 13.3. The molecule has 2 saturated heterocycles. The van der Waals surface area contributed by atoms with Crippen LogP contribution in [-0.4, -0.2) is 59.9 Å². The first-order chi connectivity index (χ1) is 14.6. The zero-order chi connectivity index (χ0) is 21.0. The van der Waals surface area contributed by atoms with Crippen LogP contribution in [0.25, 0.3) is 0 Å². The van der Waals surface area contributed by atoms with Crippen molar-refractivity contribution in [1.29, 1.82) is 0 Å². The van der Waals surface area contributed by atoms with E-state index in [1.54, 1.807) is 0 Å². The van der Waals surface area contributed by atoms with Crippen molar-refractivity contribution in [3.05, 3.63) is 35.9 Å². The average molecular weight is 412 g/mol. The first kappa shape index (κ1) is 21.4. The quantitative estimate of drug-likeness (QED) is 0.748. The Bertz CT molecular complexity index is 721. The molecule has 1 N–H and O–H groups in total. The molecular formula is C25H37N3O2. The summed E-state index contributed by atoms with van der Waals surface area (Å²) in [7, 11) is 0. The highest BCUT2D eigenvalue weighted by molar-refractivity contribution is 5.94. The van der Waals surface area contributed by atoms with Crippen LogP contribution in [0.2, 0.25) is 0 Å². The number of carbonyl (C=O) groups excluding carboxylic acids is 2. The van der Waals surface area contributed by atoms with E-state index in [1.807, 2.05) is 11.8 Å². The van der Waals surface area contributed by atoms with Crippen molar-refractivity contribution < 1.29 is 9.59 Å². The summed E-state index contributed by atoms with van der Waals surface area (Å²) in [5, 5.41) is 3.24. The monoisotopic (exact) mass is 411 g/mol. The van der Waals surface area contributed by atoms with E-state index in [0.29, 0.717) is 19.0 Å². The summed E-state index contributed by atoms with van der Waals surface area (Å²) in [6, 6.07) is 10.7. The van der Waals surface area contributed by atoms with Crippen molar-refractivity contribution in [3.8, 4) is 0 Å². The van der Waals surface area contributed by atoms with Gasteiger partial charge in [0.05, 0.1) is 5.41 Å². The van der Waals surface area contributed by atoms with E-state index in [4.69, 9.17) is 0 Å². The molecule has 1 saturated carbocycles. The molecule has 2 amide bonds. The molecule has 0 bridgehead atoms. The fourth-order valence-corrected chi connectivity index (χ4v) is 5.75. The van der Waals surface area contributed by atoms with Gasteiger partial charge in [0.1, 0.15) is 6.04 Å². The predicted molar refractivity (Wildman–Crippen MR) is 119 cm³/mol. The van der Waals surface area contributed by atoms with E-state index in [2.05, 4.69) is 40.5 Å². The van der Waals surface area contributed by atoms with Crippen molar-refractivity contribution in [3.63, 3.8) is 0 Å². The number of piperidine rings is 1. The molecule has 3 fully saturated rings. The molecule has 2 heterocycles. The van der Waals surface area contributed by atoms with Gasteiger partial charge in [-0.05, 0) is 77.1 Å². The number of hydrogen-bond acceptors (Lipinski definition) is 3. The SMILES string of the molecule is CCN1C(=O)C2(CCN(CCCc3ccccc3)CC2)CC1C(=O)NC1CCCC1. The van der Waals surface area contributed by atoms with Crippen LogP contribution in [0.5, 0.6) is 0 Å². The number of benzene rings is 1. The predicted octanol–water partition coefficient (Wildman–Crippen LogP) is 3.38. The Balaban J connectivity index is 1.29. The van der Waals surface area contributed by atoms with Gasteiger partial charge in [0.15, 0.2) is 0 Å². The molecule has 1 aromatic carbocycles. The van der Waals surface area contributed by atoms with E-state index < -0.39 is 0 Å². The molecule has 164 valence electrons. The Hall–Kier alpha value is -1.88. The van der Waals surface area contributed by atoms with Crippen molar-refractivity contribution >= 4 is 11.8 Å². The highest BCUT2D eigenvalue weighted by Crippen LogP contribution is 2.44. The number of aryl methyl sites for hydroxylation is 1. The minimum absolute atomic E-state index is 0.0827. The van der Waals surface area contributed by atoms with E-state index in [1.165, 1.54) is 18.4 Å². The van der Waals surface area contributed by atoms with E-state index in [9.17, 15) is 9.59 Å². The second-order valence-electron chi connectivity index (χ2n) is 9.51. The van der Waals surface area contributed by atoms with Crippen LogP contribution in [0.15, 0.2) is 30.3 Å². The number of rotatable bonds is 7. The summed E-state index contributed by atoms with van der Waals surface area (Å²) in [4.78, 5) is 30.6. The number of likely N-dealkylation sites (tertiary alicyclic amines) is 2. The van der Waals surface area contributed by atoms with Crippen molar-refractivity contribution in [2.75, 3.05) is 26.2 Å². The van der Waals surface area contributed by atoms with Gasteiger partial charge in [0, 0.05) is 12.6 Å². The molecule has 3 aliphatic rings. The Morgan fingerprint density at radius 2 is 1.83 bits per heavy atom. The summed E-state index contributed by atoms with van der Waals surface area (Å²) in [5.41, 5.74) is 1.08. The second-order valence-corrected chi connectivity index (χ2v) is 9.51. The zero-order valence-electron chi connectivity index (χ0n) is 18.4. The fourth-order valence-electron chi connectivity index (χ4n) is 5.75. The Morgan fingerprint density at radius 3 is 2.50 bits per heavy atom. The molecule has 1 aromatic rings. The molecule has 0 radical (unpaired) electrons. The fraction of sp³-hybridized carbons (Fsp3) is 0.680. The van der Waals surface area contributed by atoms with E-state index >= 15 is 0 Å². The standard InChI is InChI=1S/C25H37N3O2/c1-2-28-22(23(29)26-21-12-6-7-13-21)19-25(24(28)30)14-17-27(18-15-25)16-8-11-20-9-4-3-5-10-20/h3-5,9-10,21-22H,2,6-8,11-19H2,1H3,(H,26,29). The molecule has 1 atom stereocenters. The lowest BCUT2D eigenvalue weighted by atomic mass is 9.76. The number of nitrogens with one attached hydrogen (secondary N) is 1.